The number of unbranched alkanes of at least 4 members (excludes halogenated alkanes) is 1. The molecule has 0 N–H and O–H groups in total. The van der Waals surface area contributed by atoms with Crippen molar-refractivity contribution < 1.29 is 70.3 Å². The minimum atomic E-state index is -2.89. The molecule has 0 aromatic rings. The number of hydrogen-bond acceptors (Lipinski definition) is 0. The molecule has 52 valence electrons. The van der Waals surface area contributed by atoms with E-state index in [1.165, 1.54) is 0 Å². The van der Waals surface area contributed by atoms with Gasteiger partial charge in [0.25, 0.3) is 0 Å². The van der Waals surface area contributed by atoms with E-state index in [0.29, 0.717) is 0 Å². The van der Waals surface area contributed by atoms with Crippen molar-refractivity contribution in [3.63, 3.8) is 0 Å². The SMILES string of the molecule is CCC[CH2][Sn]([Cl])([Cl])[Cl].[Cs+].[H-]. The summed E-state index contributed by atoms with van der Waals surface area (Å²) in [6.45, 7) is 2.10. The average molecular weight is 416 g/mol. The van der Waals surface area contributed by atoms with E-state index in [4.69, 9.17) is 26.8 Å². The molecule has 0 nitrogen and oxygen atoms in total. The van der Waals surface area contributed by atoms with E-state index in [-0.39, 0.29) is 70.3 Å². The topological polar surface area (TPSA) is 0 Å². The standard InChI is InChI=1S/C4H9.3ClH.Cs.Sn.H/c1-3-4-2;;;;;;/h1,3-4H2,2H3;3*1H;;;/q;;;;+1;+3;-1/p-3. The molecule has 0 amide bonds. The van der Waals surface area contributed by atoms with Gasteiger partial charge >= 0.3 is 135 Å². The summed E-state index contributed by atoms with van der Waals surface area (Å²) in [5.74, 6) is 0. The van der Waals surface area contributed by atoms with Crippen molar-refractivity contribution in [2.24, 2.45) is 0 Å². The Balaban J connectivity index is -0.000000245. The molecule has 0 spiro atoms. The molecule has 0 aliphatic heterocycles. The largest absolute Gasteiger partial charge is 1.00 e. The Bertz CT molecular complexity index is 68.0. The zero-order chi connectivity index (χ0) is 6.62. The molecule has 0 aliphatic carbocycles. The van der Waals surface area contributed by atoms with Gasteiger partial charge in [-0.1, -0.05) is 0 Å². The van der Waals surface area contributed by atoms with Crippen LogP contribution in [0.25, 0.3) is 0 Å². The Kier molecular flexibility index (Phi) is 14.1. The Labute approximate surface area is 132 Å². The van der Waals surface area contributed by atoms with Crippen molar-refractivity contribution in [3.05, 3.63) is 0 Å². The molecule has 0 radical (unpaired) electrons. The van der Waals surface area contributed by atoms with Gasteiger partial charge < -0.3 is 1.43 Å². The first-order chi connectivity index (χ1) is 3.56. The van der Waals surface area contributed by atoms with E-state index in [0.717, 1.165) is 17.3 Å². The van der Waals surface area contributed by atoms with Crippen molar-refractivity contribution in [1.29, 1.82) is 0 Å². The van der Waals surface area contributed by atoms with Gasteiger partial charge in [0.1, 0.15) is 0 Å². The maximum Gasteiger partial charge on any atom is 1.00 e. The quantitative estimate of drug-likeness (QED) is 0.591. The predicted octanol–water partition coefficient (Wildman–Crippen LogP) is 0.558. The molecule has 0 bridgehead atoms. The average Bonchev–Trinajstić information content (AvgIpc) is 1.59. The fourth-order valence-electron chi connectivity index (χ4n) is 0.377. The van der Waals surface area contributed by atoms with E-state index in [1.807, 2.05) is 0 Å². The van der Waals surface area contributed by atoms with Crippen LogP contribution in [-0.2, 0) is 0 Å². The third-order valence-corrected chi connectivity index (χ3v) is 7.24. The zero-order valence-electron chi connectivity index (χ0n) is 6.76. The van der Waals surface area contributed by atoms with Crippen LogP contribution in [0.1, 0.15) is 21.2 Å². The summed E-state index contributed by atoms with van der Waals surface area (Å²) in [7, 11) is 17.0. The fraction of sp³-hybridized carbons (Fsp3) is 1.00. The first-order valence-corrected chi connectivity index (χ1v) is 15.5. The zero-order valence-corrected chi connectivity index (χ0v) is 17.2. The van der Waals surface area contributed by atoms with Crippen molar-refractivity contribution in [2.75, 3.05) is 0 Å². The van der Waals surface area contributed by atoms with Crippen molar-refractivity contribution in [3.8, 4) is 0 Å². The Morgan fingerprint density at radius 2 is 1.78 bits per heavy atom. The Morgan fingerprint density at radius 1 is 1.33 bits per heavy atom. The third-order valence-electron chi connectivity index (χ3n) is 0.814. The monoisotopic (exact) mass is 416 g/mol. The van der Waals surface area contributed by atoms with Crippen LogP contribution >= 0.6 is 26.8 Å². The first kappa shape index (κ1) is 15.2. The molecule has 0 aromatic carbocycles. The molecule has 0 aromatic heterocycles. The van der Waals surface area contributed by atoms with Gasteiger partial charge in [-0.15, -0.1) is 0 Å². The molecular weight excluding hydrogens is 406 g/mol. The van der Waals surface area contributed by atoms with Crippen molar-refractivity contribution in [2.45, 2.75) is 24.2 Å². The van der Waals surface area contributed by atoms with Gasteiger partial charge in [0.05, 0.1) is 0 Å². The van der Waals surface area contributed by atoms with Gasteiger partial charge in [-0.05, 0) is 0 Å². The van der Waals surface area contributed by atoms with Gasteiger partial charge in [-0.3, -0.25) is 0 Å². The Hall–Kier alpha value is 3.72. The second-order valence-electron chi connectivity index (χ2n) is 1.72. The molecule has 0 aliphatic rings. The molecule has 0 saturated heterocycles. The molecule has 0 fully saturated rings. The van der Waals surface area contributed by atoms with E-state index in [1.54, 1.807) is 0 Å². The third kappa shape index (κ3) is 14.6. The summed E-state index contributed by atoms with van der Waals surface area (Å²) in [6.07, 6.45) is 2.21. The molecule has 0 saturated carbocycles. The van der Waals surface area contributed by atoms with Gasteiger partial charge in [-0.25, -0.2) is 0 Å². The van der Waals surface area contributed by atoms with Crippen molar-refractivity contribution in [1.82, 2.24) is 0 Å². The van der Waals surface area contributed by atoms with Crippen LogP contribution in [0, 0.1) is 0 Å². The first-order valence-electron chi connectivity index (χ1n) is 2.63. The molecule has 0 atom stereocenters. The molecule has 9 heavy (non-hydrogen) atoms. The van der Waals surface area contributed by atoms with E-state index in [2.05, 4.69) is 6.92 Å². The maximum atomic E-state index is 5.65. The van der Waals surface area contributed by atoms with Gasteiger partial charge in [-0.2, -0.15) is 0 Å². The summed E-state index contributed by atoms with van der Waals surface area (Å²) in [6, 6.07) is 0. The van der Waals surface area contributed by atoms with Gasteiger partial charge in [0, 0.05) is 0 Å². The van der Waals surface area contributed by atoms with Crippen LogP contribution in [0.15, 0.2) is 0 Å². The van der Waals surface area contributed by atoms with Crippen LogP contribution in [0.2, 0.25) is 4.44 Å². The molecule has 0 unspecified atom stereocenters. The fourth-order valence-corrected chi connectivity index (χ4v) is 5.22. The van der Waals surface area contributed by atoms with Crippen LogP contribution < -0.4 is 68.9 Å². The summed E-state index contributed by atoms with van der Waals surface area (Å²) in [5, 5.41) is 0. The van der Waals surface area contributed by atoms with Crippen LogP contribution in [0.4, 0.5) is 0 Å². The van der Waals surface area contributed by atoms with Crippen LogP contribution in [-0.4, -0.2) is 15.0 Å². The minimum absolute atomic E-state index is 0. The molecule has 0 rings (SSSR count). The minimum Gasteiger partial charge on any atom is -1.00 e. The number of rotatable bonds is 3. The van der Waals surface area contributed by atoms with E-state index in [9.17, 15) is 0 Å². The Morgan fingerprint density at radius 3 is 1.89 bits per heavy atom. The number of hydrogen-bond donors (Lipinski definition) is 0. The summed E-state index contributed by atoms with van der Waals surface area (Å²) in [4.78, 5) is 0. The van der Waals surface area contributed by atoms with Crippen molar-refractivity contribution >= 4 is 41.8 Å². The predicted molar refractivity (Wildman–Crippen MR) is 44.1 cm³/mol. The second kappa shape index (κ2) is 8.32. The van der Waals surface area contributed by atoms with Crippen LogP contribution in [0.5, 0.6) is 0 Å². The second-order valence-corrected chi connectivity index (χ2v) is 23.5. The maximum absolute atomic E-state index is 5.65. The summed E-state index contributed by atoms with van der Waals surface area (Å²) in [5.41, 5.74) is 0. The molecule has 5 heteroatoms. The van der Waals surface area contributed by atoms with Gasteiger partial charge in [0.2, 0.25) is 0 Å². The molecular formula is C4H10Cl3CsSn. The normalized spacial score (nSPS) is 10.7. The smallest absolute Gasteiger partial charge is 1.00 e. The van der Waals surface area contributed by atoms with E-state index < -0.39 is 15.0 Å². The molecule has 0 heterocycles. The van der Waals surface area contributed by atoms with E-state index >= 15 is 0 Å². The number of halogens is 3. The van der Waals surface area contributed by atoms with Crippen LogP contribution in [0.3, 0.4) is 0 Å². The summed E-state index contributed by atoms with van der Waals surface area (Å²) >= 11 is -2.89. The summed E-state index contributed by atoms with van der Waals surface area (Å²) < 4.78 is 0.871. The van der Waals surface area contributed by atoms with Gasteiger partial charge in [0.15, 0.2) is 0 Å².